The molecule has 102 valence electrons. The highest BCUT2D eigenvalue weighted by molar-refractivity contribution is 7.09. The zero-order chi connectivity index (χ0) is 13.9. The van der Waals surface area contributed by atoms with Gasteiger partial charge in [0.25, 0.3) is 0 Å². The van der Waals surface area contributed by atoms with Crippen molar-refractivity contribution in [3.8, 4) is 5.75 Å². The van der Waals surface area contributed by atoms with Crippen LogP contribution in [0.5, 0.6) is 5.75 Å². The third-order valence-corrected chi connectivity index (χ3v) is 4.33. The SMILES string of the molecule is COc1ccc2cc(C(O)Cc3cccs3)ccc2c1. The fourth-order valence-electron chi connectivity index (χ4n) is 2.31. The number of aliphatic hydroxyl groups is 1. The van der Waals surface area contributed by atoms with Gasteiger partial charge in [-0.25, -0.2) is 0 Å². The first-order chi connectivity index (χ1) is 9.76. The van der Waals surface area contributed by atoms with Gasteiger partial charge < -0.3 is 9.84 Å². The van der Waals surface area contributed by atoms with Crippen LogP contribution in [0.4, 0.5) is 0 Å². The summed E-state index contributed by atoms with van der Waals surface area (Å²) in [6, 6.07) is 16.1. The highest BCUT2D eigenvalue weighted by Gasteiger charge is 2.10. The summed E-state index contributed by atoms with van der Waals surface area (Å²) < 4.78 is 5.22. The number of hydrogen-bond donors (Lipinski definition) is 1. The summed E-state index contributed by atoms with van der Waals surface area (Å²) in [7, 11) is 1.67. The number of hydrogen-bond acceptors (Lipinski definition) is 3. The molecule has 3 aromatic rings. The van der Waals surface area contributed by atoms with Gasteiger partial charge in [0.2, 0.25) is 0 Å². The van der Waals surface area contributed by atoms with E-state index in [0.29, 0.717) is 6.42 Å². The molecule has 0 aliphatic rings. The molecule has 1 heterocycles. The van der Waals surface area contributed by atoms with E-state index in [-0.39, 0.29) is 0 Å². The summed E-state index contributed by atoms with van der Waals surface area (Å²) in [5, 5.41) is 14.6. The number of thiophene rings is 1. The van der Waals surface area contributed by atoms with Gasteiger partial charge in [-0.2, -0.15) is 0 Å². The maximum absolute atomic E-state index is 10.3. The first kappa shape index (κ1) is 13.2. The van der Waals surface area contributed by atoms with Gasteiger partial charge in [-0.1, -0.05) is 24.3 Å². The van der Waals surface area contributed by atoms with E-state index in [2.05, 4.69) is 6.07 Å². The molecule has 0 spiro atoms. The van der Waals surface area contributed by atoms with E-state index >= 15 is 0 Å². The molecule has 1 unspecified atom stereocenters. The van der Waals surface area contributed by atoms with Crippen molar-refractivity contribution >= 4 is 22.1 Å². The van der Waals surface area contributed by atoms with Crippen LogP contribution in [-0.4, -0.2) is 12.2 Å². The lowest BCUT2D eigenvalue weighted by Crippen LogP contribution is -2.00. The minimum absolute atomic E-state index is 0.458. The van der Waals surface area contributed by atoms with Crippen LogP contribution < -0.4 is 4.74 Å². The molecule has 0 aliphatic carbocycles. The molecule has 0 saturated heterocycles. The molecule has 3 heteroatoms. The standard InChI is InChI=1S/C17H16O2S/c1-19-15-7-6-12-9-14(5-4-13(12)10-15)17(18)11-16-3-2-8-20-16/h2-10,17-18H,11H2,1H3. The van der Waals surface area contributed by atoms with E-state index in [1.807, 2.05) is 47.8 Å². The Morgan fingerprint density at radius 1 is 1.10 bits per heavy atom. The molecule has 1 atom stereocenters. The molecule has 0 fully saturated rings. The lowest BCUT2D eigenvalue weighted by Gasteiger charge is -2.11. The fraction of sp³-hybridized carbons (Fsp3) is 0.176. The molecular weight excluding hydrogens is 268 g/mol. The Labute approximate surface area is 122 Å². The highest BCUT2D eigenvalue weighted by Crippen LogP contribution is 2.26. The molecule has 0 amide bonds. The Bertz CT molecular complexity index is 704. The number of aliphatic hydroxyl groups excluding tert-OH is 1. The maximum atomic E-state index is 10.3. The van der Waals surface area contributed by atoms with Gasteiger partial charge in [0, 0.05) is 11.3 Å². The molecule has 1 N–H and O–H groups in total. The van der Waals surface area contributed by atoms with Crippen molar-refractivity contribution in [3.05, 3.63) is 64.4 Å². The van der Waals surface area contributed by atoms with E-state index < -0.39 is 6.10 Å². The van der Waals surface area contributed by atoms with E-state index in [1.54, 1.807) is 18.4 Å². The topological polar surface area (TPSA) is 29.5 Å². The van der Waals surface area contributed by atoms with Gasteiger partial charge in [0.05, 0.1) is 13.2 Å². The van der Waals surface area contributed by atoms with Crippen molar-refractivity contribution in [2.75, 3.05) is 7.11 Å². The van der Waals surface area contributed by atoms with Gasteiger partial charge in [-0.3, -0.25) is 0 Å². The molecule has 0 aliphatic heterocycles. The van der Waals surface area contributed by atoms with Crippen LogP contribution in [0.3, 0.4) is 0 Å². The third kappa shape index (κ3) is 2.69. The van der Waals surface area contributed by atoms with Crippen molar-refractivity contribution in [2.45, 2.75) is 12.5 Å². The summed E-state index contributed by atoms with van der Waals surface area (Å²) in [5.41, 5.74) is 0.955. The van der Waals surface area contributed by atoms with E-state index in [0.717, 1.165) is 22.1 Å². The number of rotatable bonds is 4. The molecule has 3 rings (SSSR count). The van der Waals surface area contributed by atoms with Crippen molar-refractivity contribution in [2.24, 2.45) is 0 Å². The van der Waals surface area contributed by atoms with Crippen molar-refractivity contribution in [3.63, 3.8) is 0 Å². The monoisotopic (exact) mass is 284 g/mol. The smallest absolute Gasteiger partial charge is 0.119 e. The second-order valence-corrected chi connectivity index (χ2v) is 5.80. The predicted molar refractivity (Wildman–Crippen MR) is 83.5 cm³/mol. The first-order valence-corrected chi connectivity index (χ1v) is 7.42. The largest absolute Gasteiger partial charge is 0.497 e. The number of methoxy groups -OCH3 is 1. The van der Waals surface area contributed by atoms with Crippen molar-refractivity contribution in [1.29, 1.82) is 0 Å². The summed E-state index contributed by atoms with van der Waals surface area (Å²) in [6.07, 6.45) is 0.208. The summed E-state index contributed by atoms with van der Waals surface area (Å²) in [6.45, 7) is 0. The number of fused-ring (bicyclic) bond motifs is 1. The van der Waals surface area contributed by atoms with Crippen LogP contribution >= 0.6 is 11.3 Å². The Morgan fingerprint density at radius 3 is 2.65 bits per heavy atom. The Kier molecular flexibility index (Phi) is 3.72. The van der Waals surface area contributed by atoms with Crippen LogP contribution in [0, 0.1) is 0 Å². The van der Waals surface area contributed by atoms with Crippen LogP contribution in [0.25, 0.3) is 10.8 Å². The second-order valence-electron chi connectivity index (χ2n) is 4.77. The van der Waals surface area contributed by atoms with Crippen molar-refractivity contribution in [1.82, 2.24) is 0 Å². The Balaban J connectivity index is 1.88. The molecule has 2 nitrogen and oxygen atoms in total. The zero-order valence-corrected chi connectivity index (χ0v) is 12.1. The first-order valence-electron chi connectivity index (χ1n) is 6.54. The Hall–Kier alpha value is -1.84. The van der Waals surface area contributed by atoms with Crippen molar-refractivity contribution < 1.29 is 9.84 Å². The van der Waals surface area contributed by atoms with Gasteiger partial charge in [-0.05, 0) is 46.0 Å². The molecule has 1 aromatic heterocycles. The number of ether oxygens (including phenoxy) is 1. The average Bonchev–Trinajstić information content (AvgIpc) is 2.99. The summed E-state index contributed by atoms with van der Waals surface area (Å²) >= 11 is 1.68. The van der Waals surface area contributed by atoms with Crippen LogP contribution in [0.15, 0.2) is 53.9 Å². The number of benzene rings is 2. The fourth-order valence-corrected chi connectivity index (χ4v) is 3.06. The predicted octanol–water partition coefficient (Wildman–Crippen LogP) is 4.19. The molecule has 20 heavy (non-hydrogen) atoms. The minimum Gasteiger partial charge on any atom is -0.497 e. The summed E-state index contributed by atoms with van der Waals surface area (Å²) in [4.78, 5) is 1.20. The van der Waals surface area contributed by atoms with Crippen LogP contribution in [-0.2, 0) is 6.42 Å². The van der Waals surface area contributed by atoms with E-state index in [1.165, 1.54) is 4.88 Å². The third-order valence-electron chi connectivity index (χ3n) is 3.43. The van der Waals surface area contributed by atoms with Gasteiger partial charge in [-0.15, -0.1) is 11.3 Å². The van der Waals surface area contributed by atoms with Gasteiger partial charge in [0.15, 0.2) is 0 Å². The Morgan fingerprint density at radius 2 is 1.90 bits per heavy atom. The minimum atomic E-state index is -0.458. The molecule has 0 saturated carbocycles. The highest BCUT2D eigenvalue weighted by atomic mass is 32.1. The molecule has 0 radical (unpaired) electrons. The van der Waals surface area contributed by atoms with Gasteiger partial charge >= 0.3 is 0 Å². The second kappa shape index (κ2) is 5.65. The van der Waals surface area contributed by atoms with E-state index in [9.17, 15) is 5.11 Å². The average molecular weight is 284 g/mol. The maximum Gasteiger partial charge on any atom is 0.119 e. The quantitative estimate of drug-likeness (QED) is 0.778. The van der Waals surface area contributed by atoms with Gasteiger partial charge in [0.1, 0.15) is 5.75 Å². The van der Waals surface area contributed by atoms with Crippen LogP contribution in [0.2, 0.25) is 0 Å². The lowest BCUT2D eigenvalue weighted by molar-refractivity contribution is 0.179. The molecular formula is C17H16O2S. The van der Waals surface area contributed by atoms with Crippen LogP contribution in [0.1, 0.15) is 16.5 Å². The van der Waals surface area contributed by atoms with E-state index in [4.69, 9.17) is 4.74 Å². The normalized spacial score (nSPS) is 12.5. The molecule has 2 aromatic carbocycles. The molecule has 0 bridgehead atoms. The zero-order valence-electron chi connectivity index (χ0n) is 11.2. The lowest BCUT2D eigenvalue weighted by atomic mass is 10.0. The summed E-state index contributed by atoms with van der Waals surface area (Å²) in [5.74, 6) is 0.851.